The van der Waals surface area contributed by atoms with Crippen molar-refractivity contribution in [1.29, 1.82) is 0 Å². The van der Waals surface area contributed by atoms with Crippen LogP contribution >= 0.6 is 0 Å². The van der Waals surface area contributed by atoms with E-state index in [0.29, 0.717) is 0 Å². The van der Waals surface area contributed by atoms with Gasteiger partial charge in [0.25, 0.3) is 0 Å². The molecular formula is C12H15F2N3O2. The van der Waals surface area contributed by atoms with Crippen molar-refractivity contribution in [2.45, 2.75) is 25.8 Å². The molecule has 0 fully saturated rings. The zero-order chi connectivity index (χ0) is 14.6. The van der Waals surface area contributed by atoms with E-state index in [1.54, 1.807) is 0 Å². The number of nitrogens with two attached hydrogens (primary N) is 1. The molecular weight excluding hydrogens is 256 g/mol. The number of carbonyl (C=O) groups excluding carboxylic acids is 1. The molecule has 0 heterocycles. The Morgan fingerprint density at radius 2 is 2.11 bits per heavy atom. The molecule has 4 N–H and O–H groups in total. The molecule has 0 aliphatic rings. The summed E-state index contributed by atoms with van der Waals surface area (Å²) in [5, 5.41) is 13.8. The first kappa shape index (κ1) is 14.9. The molecule has 1 aromatic carbocycles. The highest BCUT2D eigenvalue weighted by atomic mass is 19.2. The monoisotopic (exact) mass is 271 g/mol. The number of oxime groups is 1. The van der Waals surface area contributed by atoms with Crippen molar-refractivity contribution in [3.63, 3.8) is 0 Å². The summed E-state index contributed by atoms with van der Waals surface area (Å²) in [6.45, 7) is 3.03. The van der Waals surface area contributed by atoms with E-state index in [-0.39, 0.29) is 17.8 Å². The van der Waals surface area contributed by atoms with Gasteiger partial charge in [-0.2, -0.15) is 0 Å². The van der Waals surface area contributed by atoms with Crippen LogP contribution in [0.5, 0.6) is 0 Å². The summed E-state index contributed by atoms with van der Waals surface area (Å²) in [6.07, 6.45) is -0.342. The standard InChI is InChI=1S/C12H15F2N3O2/c1-12(2,11(15)17-19)16-9(18)6-7-4-3-5-8(13)10(7)14/h3-5,19H,6H2,1-2H3,(H2,15,17)(H,16,18). The van der Waals surface area contributed by atoms with E-state index in [0.717, 1.165) is 6.07 Å². The van der Waals surface area contributed by atoms with Crippen molar-refractivity contribution < 1.29 is 18.8 Å². The molecule has 0 bridgehead atoms. The summed E-state index contributed by atoms with van der Waals surface area (Å²) in [6, 6.07) is 3.60. The third-order valence-corrected chi connectivity index (χ3v) is 2.58. The minimum Gasteiger partial charge on any atom is -0.409 e. The Morgan fingerprint density at radius 1 is 1.47 bits per heavy atom. The fourth-order valence-electron chi connectivity index (χ4n) is 1.44. The second-order valence-electron chi connectivity index (χ2n) is 4.55. The van der Waals surface area contributed by atoms with Gasteiger partial charge in [0.2, 0.25) is 5.91 Å². The molecule has 1 aromatic rings. The maximum absolute atomic E-state index is 13.4. The lowest BCUT2D eigenvalue weighted by atomic mass is 10.0. The predicted octanol–water partition coefficient (Wildman–Crippen LogP) is 1.15. The lowest BCUT2D eigenvalue weighted by molar-refractivity contribution is -0.121. The van der Waals surface area contributed by atoms with Crippen molar-refractivity contribution in [3.8, 4) is 0 Å². The topological polar surface area (TPSA) is 87.7 Å². The van der Waals surface area contributed by atoms with E-state index in [4.69, 9.17) is 10.9 Å². The van der Waals surface area contributed by atoms with E-state index in [1.165, 1.54) is 26.0 Å². The van der Waals surface area contributed by atoms with Gasteiger partial charge in [-0.25, -0.2) is 8.78 Å². The molecule has 0 saturated carbocycles. The van der Waals surface area contributed by atoms with Gasteiger partial charge < -0.3 is 16.3 Å². The number of nitrogens with one attached hydrogen (secondary N) is 1. The molecule has 0 atom stereocenters. The normalized spacial score (nSPS) is 12.3. The average Bonchev–Trinajstić information content (AvgIpc) is 2.33. The van der Waals surface area contributed by atoms with E-state index in [1.807, 2.05) is 0 Å². The van der Waals surface area contributed by atoms with Gasteiger partial charge in [-0.1, -0.05) is 17.3 Å². The van der Waals surface area contributed by atoms with Crippen LogP contribution in [0.3, 0.4) is 0 Å². The Hall–Kier alpha value is -2.18. The highest BCUT2D eigenvalue weighted by Gasteiger charge is 2.26. The van der Waals surface area contributed by atoms with Gasteiger partial charge in [0.15, 0.2) is 17.5 Å². The van der Waals surface area contributed by atoms with Crippen molar-refractivity contribution in [3.05, 3.63) is 35.4 Å². The molecule has 0 spiro atoms. The summed E-state index contributed by atoms with van der Waals surface area (Å²) in [5.41, 5.74) is 4.25. The molecule has 0 saturated heterocycles. The number of rotatable bonds is 4. The zero-order valence-electron chi connectivity index (χ0n) is 10.6. The van der Waals surface area contributed by atoms with E-state index < -0.39 is 23.1 Å². The zero-order valence-corrected chi connectivity index (χ0v) is 10.6. The molecule has 0 aliphatic carbocycles. The highest BCUT2D eigenvalue weighted by Crippen LogP contribution is 2.12. The maximum atomic E-state index is 13.4. The largest absolute Gasteiger partial charge is 0.409 e. The molecule has 0 aliphatic heterocycles. The van der Waals surface area contributed by atoms with Crippen molar-refractivity contribution >= 4 is 11.7 Å². The second-order valence-corrected chi connectivity index (χ2v) is 4.55. The fourth-order valence-corrected chi connectivity index (χ4v) is 1.44. The van der Waals surface area contributed by atoms with Crippen LogP contribution in [0.4, 0.5) is 8.78 Å². The van der Waals surface area contributed by atoms with Crippen LogP contribution in [-0.2, 0) is 11.2 Å². The summed E-state index contributed by atoms with van der Waals surface area (Å²) in [7, 11) is 0. The number of halogens is 2. The molecule has 1 rings (SSSR count). The Morgan fingerprint density at radius 3 is 2.68 bits per heavy atom. The minimum atomic E-state index is -1.09. The number of hydrogen-bond acceptors (Lipinski definition) is 3. The van der Waals surface area contributed by atoms with Gasteiger partial charge in [-0.3, -0.25) is 4.79 Å². The van der Waals surface area contributed by atoms with E-state index in [2.05, 4.69) is 10.5 Å². The molecule has 7 heteroatoms. The van der Waals surface area contributed by atoms with Crippen LogP contribution in [0.15, 0.2) is 23.4 Å². The van der Waals surface area contributed by atoms with Gasteiger partial charge in [0.1, 0.15) is 0 Å². The number of amidine groups is 1. The number of carbonyl (C=O) groups is 1. The SMILES string of the molecule is CC(C)(NC(=O)Cc1cccc(F)c1F)C(N)=NO. The van der Waals surface area contributed by atoms with Crippen molar-refractivity contribution in [2.75, 3.05) is 0 Å². The predicted molar refractivity (Wildman–Crippen MR) is 65.7 cm³/mol. The van der Waals surface area contributed by atoms with Crippen molar-refractivity contribution in [2.24, 2.45) is 10.9 Å². The van der Waals surface area contributed by atoms with Crippen molar-refractivity contribution in [1.82, 2.24) is 5.32 Å². The van der Waals surface area contributed by atoms with Crippen LogP contribution in [0.2, 0.25) is 0 Å². The van der Waals surface area contributed by atoms with E-state index in [9.17, 15) is 13.6 Å². The molecule has 5 nitrogen and oxygen atoms in total. The van der Waals surface area contributed by atoms with Crippen LogP contribution in [-0.4, -0.2) is 22.5 Å². The molecule has 19 heavy (non-hydrogen) atoms. The summed E-state index contributed by atoms with van der Waals surface area (Å²) < 4.78 is 26.3. The molecule has 0 radical (unpaired) electrons. The number of amides is 1. The van der Waals surface area contributed by atoms with Gasteiger partial charge in [-0.05, 0) is 19.9 Å². The van der Waals surface area contributed by atoms with Crippen LogP contribution in [0.1, 0.15) is 19.4 Å². The number of hydrogen-bond donors (Lipinski definition) is 3. The third kappa shape index (κ3) is 3.64. The van der Waals surface area contributed by atoms with Crippen LogP contribution in [0.25, 0.3) is 0 Å². The molecule has 0 unspecified atom stereocenters. The molecule has 0 aromatic heterocycles. The highest BCUT2D eigenvalue weighted by molar-refractivity contribution is 5.93. The smallest absolute Gasteiger partial charge is 0.225 e. The lowest BCUT2D eigenvalue weighted by Gasteiger charge is -2.24. The van der Waals surface area contributed by atoms with Crippen LogP contribution in [0, 0.1) is 11.6 Å². The Kier molecular flexibility index (Phi) is 4.42. The first-order valence-corrected chi connectivity index (χ1v) is 5.50. The Bertz CT molecular complexity index is 516. The summed E-state index contributed by atoms with van der Waals surface area (Å²) in [5.74, 6) is -2.83. The second kappa shape index (κ2) is 5.64. The Labute approximate surface area is 109 Å². The fraction of sp³-hybridized carbons (Fsp3) is 0.333. The van der Waals surface area contributed by atoms with Gasteiger partial charge in [-0.15, -0.1) is 0 Å². The van der Waals surface area contributed by atoms with Gasteiger partial charge in [0, 0.05) is 5.56 Å². The third-order valence-electron chi connectivity index (χ3n) is 2.58. The molecule has 1 amide bonds. The number of nitrogens with zero attached hydrogens (tertiary/aromatic N) is 1. The van der Waals surface area contributed by atoms with Gasteiger partial charge in [0.05, 0.1) is 12.0 Å². The lowest BCUT2D eigenvalue weighted by Crippen LogP contribution is -2.53. The number of benzene rings is 1. The first-order valence-electron chi connectivity index (χ1n) is 5.50. The quantitative estimate of drug-likeness (QED) is 0.332. The van der Waals surface area contributed by atoms with E-state index >= 15 is 0 Å². The summed E-state index contributed by atoms with van der Waals surface area (Å²) in [4.78, 5) is 11.7. The Balaban J connectivity index is 2.79. The average molecular weight is 271 g/mol. The molecule has 104 valence electrons. The minimum absolute atomic E-state index is 0.0622. The maximum Gasteiger partial charge on any atom is 0.225 e. The van der Waals surface area contributed by atoms with Gasteiger partial charge >= 0.3 is 0 Å². The van der Waals surface area contributed by atoms with Crippen LogP contribution < -0.4 is 11.1 Å². The summed E-state index contributed by atoms with van der Waals surface area (Å²) >= 11 is 0. The first-order chi connectivity index (χ1) is 8.77.